The van der Waals surface area contributed by atoms with Gasteiger partial charge in [-0.05, 0) is 35.4 Å². The first-order chi connectivity index (χ1) is 17.8. The molecule has 0 spiro atoms. The van der Waals surface area contributed by atoms with Crippen LogP contribution >= 0.6 is 0 Å². The van der Waals surface area contributed by atoms with E-state index in [-0.39, 0.29) is 0 Å². The van der Waals surface area contributed by atoms with Crippen LogP contribution in [0.25, 0.3) is 28.0 Å². The summed E-state index contributed by atoms with van der Waals surface area (Å²) in [5.74, 6) is -1.85. The van der Waals surface area contributed by atoms with Crippen LogP contribution in [0.5, 0.6) is 5.75 Å². The maximum Gasteiger partial charge on any atom is 0.490 e. The number of benzene rings is 2. The molecule has 0 bridgehead atoms. The summed E-state index contributed by atoms with van der Waals surface area (Å²) in [4.78, 5) is 15.9. The molecule has 7 nitrogen and oxygen atoms in total. The zero-order chi connectivity index (χ0) is 26.3. The van der Waals surface area contributed by atoms with Gasteiger partial charge < -0.3 is 14.6 Å². The van der Waals surface area contributed by atoms with Crippen LogP contribution in [-0.2, 0) is 9.53 Å². The van der Waals surface area contributed by atoms with Gasteiger partial charge in [0, 0.05) is 31.4 Å². The number of halogens is 3. The Labute approximate surface area is 211 Å². The normalized spacial score (nSPS) is 14.1. The van der Waals surface area contributed by atoms with Gasteiger partial charge in [0.25, 0.3) is 0 Å². The molecule has 1 aliphatic heterocycles. The molecule has 5 rings (SSSR count). The SMILES string of the molecule is O=C(O)C(F)(F)F.c1ccc(-c2cnc3cc(-c4ccc(OCCN5CCOCC5)cc4)ccn23)cc1. The Bertz CT molecular complexity index is 1300. The lowest BCUT2D eigenvalue weighted by molar-refractivity contribution is -0.192. The van der Waals surface area contributed by atoms with Crippen molar-refractivity contribution in [1.82, 2.24) is 14.3 Å². The molecule has 1 fully saturated rings. The minimum atomic E-state index is -5.08. The molecule has 1 aliphatic rings. The standard InChI is InChI=1S/C25H25N3O2.C2HF3O2/c1-2-4-21(5-3-1)24-19-26-25-18-22(10-11-28(24)25)20-6-8-23(9-7-20)30-17-14-27-12-15-29-16-13-27;3-2(4,5)1(6)7/h1-11,18-19H,12-17H2;(H,6,7). The molecule has 4 aromatic rings. The van der Waals surface area contributed by atoms with Crippen molar-refractivity contribution in [3.8, 4) is 28.1 Å². The molecule has 0 atom stereocenters. The van der Waals surface area contributed by atoms with Gasteiger partial charge in [-0.25, -0.2) is 9.78 Å². The summed E-state index contributed by atoms with van der Waals surface area (Å²) >= 11 is 0. The molecule has 1 N–H and O–H groups in total. The van der Waals surface area contributed by atoms with Crippen LogP contribution in [0.4, 0.5) is 13.2 Å². The molecule has 2 aromatic carbocycles. The maximum atomic E-state index is 10.6. The molecular weight excluding hydrogens is 487 g/mol. The number of morpholine rings is 1. The Balaban J connectivity index is 0.000000405. The lowest BCUT2D eigenvalue weighted by Crippen LogP contribution is -2.38. The van der Waals surface area contributed by atoms with Gasteiger partial charge in [0.15, 0.2) is 0 Å². The third-order valence-electron chi connectivity index (χ3n) is 5.79. The molecule has 10 heteroatoms. The molecule has 0 amide bonds. The zero-order valence-corrected chi connectivity index (χ0v) is 19.9. The van der Waals surface area contributed by atoms with Crippen molar-refractivity contribution in [2.24, 2.45) is 0 Å². The number of ether oxygens (including phenoxy) is 2. The highest BCUT2D eigenvalue weighted by molar-refractivity contribution is 5.73. The van der Waals surface area contributed by atoms with E-state index in [2.05, 4.69) is 56.9 Å². The van der Waals surface area contributed by atoms with Crippen LogP contribution in [0.2, 0.25) is 0 Å². The van der Waals surface area contributed by atoms with E-state index in [4.69, 9.17) is 19.4 Å². The molecule has 194 valence electrons. The minimum absolute atomic E-state index is 0.696. The second-order valence-corrected chi connectivity index (χ2v) is 8.28. The lowest BCUT2D eigenvalue weighted by atomic mass is 10.1. The van der Waals surface area contributed by atoms with Crippen molar-refractivity contribution in [3.05, 3.63) is 79.1 Å². The van der Waals surface area contributed by atoms with Crippen LogP contribution in [0, 0.1) is 0 Å². The third kappa shape index (κ3) is 7.08. The van der Waals surface area contributed by atoms with E-state index in [1.807, 2.05) is 36.5 Å². The number of carbonyl (C=O) groups is 1. The summed E-state index contributed by atoms with van der Waals surface area (Å²) < 4.78 is 45.2. The fraction of sp³-hybridized carbons (Fsp3) is 0.259. The van der Waals surface area contributed by atoms with E-state index in [0.29, 0.717) is 6.61 Å². The monoisotopic (exact) mass is 513 g/mol. The Morgan fingerprint density at radius 2 is 1.65 bits per heavy atom. The van der Waals surface area contributed by atoms with Crippen LogP contribution in [0.3, 0.4) is 0 Å². The van der Waals surface area contributed by atoms with Crippen LogP contribution < -0.4 is 4.74 Å². The fourth-order valence-corrected chi connectivity index (χ4v) is 3.84. The number of rotatable bonds is 6. The van der Waals surface area contributed by atoms with Crippen LogP contribution in [0.15, 0.2) is 79.1 Å². The molecular formula is C27H26F3N3O4. The number of nitrogens with zero attached hydrogens (tertiary/aromatic N) is 3. The molecule has 0 aliphatic carbocycles. The van der Waals surface area contributed by atoms with Gasteiger partial charge in [-0.3, -0.25) is 9.30 Å². The highest BCUT2D eigenvalue weighted by atomic mass is 19.4. The smallest absolute Gasteiger partial charge is 0.490 e. The van der Waals surface area contributed by atoms with E-state index in [1.165, 1.54) is 0 Å². The highest BCUT2D eigenvalue weighted by Gasteiger charge is 2.38. The summed E-state index contributed by atoms with van der Waals surface area (Å²) in [5, 5.41) is 7.12. The average molecular weight is 514 g/mol. The van der Waals surface area contributed by atoms with E-state index < -0.39 is 12.1 Å². The Morgan fingerprint density at radius 3 is 2.30 bits per heavy atom. The third-order valence-corrected chi connectivity index (χ3v) is 5.79. The van der Waals surface area contributed by atoms with Gasteiger partial charge in [0.05, 0.1) is 25.1 Å². The van der Waals surface area contributed by atoms with E-state index in [0.717, 1.165) is 66.6 Å². The van der Waals surface area contributed by atoms with Gasteiger partial charge in [0.2, 0.25) is 0 Å². The molecule has 0 radical (unpaired) electrons. The van der Waals surface area contributed by atoms with Crippen molar-refractivity contribution < 1.29 is 32.5 Å². The van der Waals surface area contributed by atoms with Crippen molar-refractivity contribution in [3.63, 3.8) is 0 Å². The lowest BCUT2D eigenvalue weighted by Gasteiger charge is -2.26. The summed E-state index contributed by atoms with van der Waals surface area (Å²) in [6.07, 6.45) is -1.06. The Kier molecular flexibility index (Phi) is 8.42. The minimum Gasteiger partial charge on any atom is -0.492 e. The number of hydrogen-bond acceptors (Lipinski definition) is 5. The number of pyridine rings is 1. The molecule has 37 heavy (non-hydrogen) atoms. The fourth-order valence-electron chi connectivity index (χ4n) is 3.84. The zero-order valence-electron chi connectivity index (χ0n) is 19.9. The van der Waals surface area contributed by atoms with Crippen LogP contribution in [-0.4, -0.2) is 71.0 Å². The molecule has 0 saturated carbocycles. The first kappa shape index (κ1) is 26.2. The van der Waals surface area contributed by atoms with Crippen molar-refractivity contribution in [2.75, 3.05) is 39.5 Å². The van der Waals surface area contributed by atoms with Gasteiger partial charge in [0.1, 0.15) is 18.0 Å². The first-order valence-corrected chi connectivity index (χ1v) is 11.7. The van der Waals surface area contributed by atoms with Crippen molar-refractivity contribution in [1.29, 1.82) is 0 Å². The van der Waals surface area contributed by atoms with Gasteiger partial charge in [-0.2, -0.15) is 13.2 Å². The number of carboxylic acids is 1. The summed E-state index contributed by atoms with van der Waals surface area (Å²) in [5.41, 5.74) is 5.50. The van der Waals surface area contributed by atoms with Crippen molar-refractivity contribution in [2.45, 2.75) is 6.18 Å². The number of imidazole rings is 1. The number of fused-ring (bicyclic) bond motifs is 1. The topological polar surface area (TPSA) is 76.3 Å². The average Bonchev–Trinajstić information content (AvgIpc) is 3.33. The Hall–Kier alpha value is -3.89. The highest BCUT2D eigenvalue weighted by Crippen LogP contribution is 2.26. The molecule has 1 saturated heterocycles. The predicted octanol–water partition coefficient (Wildman–Crippen LogP) is 5.01. The van der Waals surface area contributed by atoms with Crippen LogP contribution in [0.1, 0.15) is 0 Å². The van der Waals surface area contributed by atoms with Gasteiger partial charge in [-0.1, -0.05) is 42.5 Å². The van der Waals surface area contributed by atoms with Crippen molar-refractivity contribution >= 4 is 11.6 Å². The second-order valence-electron chi connectivity index (χ2n) is 8.28. The Morgan fingerprint density at radius 1 is 0.973 bits per heavy atom. The van der Waals surface area contributed by atoms with Gasteiger partial charge in [-0.15, -0.1) is 0 Å². The van der Waals surface area contributed by atoms with Gasteiger partial charge >= 0.3 is 12.1 Å². The van der Waals surface area contributed by atoms with E-state index in [9.17, 15) is 13.2 Å². The number of alkyl halides is 3. The maximum absolute atomic E-state index is 10.6. The first-order valence-electron chi connectivity index (χ1n) is 11.7. The summed E-state index contributed by atoms with van der Waals surface area (Å²) in [7, 11) is 0. The largest absolute Gasteiger partial charge is 0.492 e. The molecule has 0 unspecified atom stereocenters. The summed E-state index contributed by atoms with van der Waals surface area (Å²) in [6.45, 7) is 5.26. The number of hydrogen-bond donors (Lipinski definition) is 1. The number of aliphatic carboxylic acids is 1. The number of carboxylic acid groups (broad SMARTS) is 1. The summed E-state index contributed by atoms with van der Waals surface area (Å²) in [6, 6.07) is 22.9. The predicted molar refractivity (Wildman–Crippen MR) is 133 cm³/mol. The molecule has 2 aromatic heterocycles. The second kappa shape index (κ2) is 11.9. The van der Waals surface area contributed by atoms with E-state index in [1.54, 1.807) is 0 Å². The quantitative estimate of drug-likeness (QED) is 0.391. The van der Waals surface area contributed by atoms with E-state index >= 15 is 0 Å². The molecule has 3 heterocycles. The number of aromatic nitrogens is 2.